The van der Waals surface area contributed by atoms with Crippen LogP contribution >= 0.6 is 0 Å². The second-order valence-electron chi connectivity index (χ2n) is 6.71. The molecule has 1 amide bonds. The predicted octanol–water partition coefficient (Wildman–Crippen LogP) is 2.45. The number of nitrogens with zero attached hydrogens (tertiary/aromatic N) is 1. The Morgan fingerprint density at radius 3 is 2.38 bits per heavy atom. The molecule has 1 aromatic carbocycles. The molecule has 1 aliphatic carbocycles. The van der Waals surface area contributed by atoms with Crippen LogP contribution in [0.25, 0.3) is 0 Å². The number of benzene rings is 1. The Labute approximate surface area is 145 Å². The molecule has 0 aliphatic heterocycles. The van der Waals surface area contributed by atoms with Crippen molar-refractivity contribution in [1.29, 1.82) is 0 Å². The van der Waals surface area contributed by atoms with Gasteiger partial charge >= 0.3 is 0 Å². The zero-order valence-corrected chi connectivity index (χ0v) is 15.4. The molecule has 2 rings (SSSR count). The first kappa shape index (κ1) is 18.9. The Morgan fingerprint density at radius 2 is 1.79 bits per heavy atom. The van der Waals surface area contributed by atoms with Gasteiger partial charge in [-0.1, -0.05) is 49.1 Å². The molecule has 0 unspecified atom stereocenters. The molecular formula is C18H28N2O3S. The third-order valence-corrected chi connectivity index (χ3v) is 5.83. The van der Waals surface area contributed by atoms with Crippen LogP contribution in [0.3, 0.4) is 0 Å². The molecule has 1 aromatic rings. The Bertz CT molecular complexity index is 635. The lowest BCUT2D eigenvalue weighted by molar-refractivity contribution is -0.125. The van der Waals surface area contributed by atoms with E-state index in [1.54, 1.807) is 0 Å². The first-order valence-corrected chi connectivity index (χ1v) is 10.5. The van der Waals surface area contributed by atoms with Gasteiger partial charge in [0.25, 0.3) is 0 Å². The highest BCUT2D eigenvalue weighted by molar-refractivity contribution is 7.88. The van der Waals surface area contributed by atoms with Crippen LogP contribution in [-0.4, -0.2) is 38.0 Å². The van der Waals surface area contributed by atoms with Gasteiger partial charge in [-0.05, 0) is 25.3 Å². The fourth-order valence-electron chi connectivity index (χ4n) is 3.07. The molecule has 24 heavy (non-hydrogen) atoms. The van der Waals surface area contributed by atoms with Crippen molar-refractivity contribution >= 4 is 15.9 Å². The van der Waals surface area contributed by atoms with Crippen LogP contribution in [0.15, 0.2) is 24.3 Å². The van der Waals surface area contributed by atoms with Crippen molar-refractivity contribution in [2.45, 2.75) is 45.6 Å². The molecule has 6 heteroatoms. The monoisotopic (exact) mass is 352 g/mol. The van der Waals surface area contributed by atoms with Crippen LogP contribution in [0, 0.1) is 12.8 Å². The van der Waals surface area contributed by atoms with Crippen LogP contribution in [0.5, 0.6) is 0 Å². The van der Waals surface area contributed by atoms with Gasteiger partial charge in [-0.15, -0.1) is 0 Å². The number of rotatable bonds is 7. The molecule has 1 aliphatic rings. The SMILES string of the molecule is Cc1ccc(CN(CCNC(=O)C2CCCCC2)S(C)(=O)=O)cc1. The van der Waals surface area contributed by atoms with Crippen molar-refractivity contribution in [2.24, 2.45) is 5.92 Å². The summed E-state index contributed by atoms with van der Waals surface area (Å²) in [5, 5.41) is 2.90. The minimum absolute atomic E-state index is 0.0680. The van der Waals surface area contributed by atoms with E-state index in [9.17, 15) is 13.2 Å². The van der Waals surface area contributed by atoms with E-state index in [4.69, 9.17) is 0 Å². The van der Waals surface area contributed by atoms with E-state index in [-0.39, 0.29) is 11.8 Å². The van der Waals surface area contributed by atoms with Gasteiger partial charge in [0.1, 0.15) is 0 Å². The molecule has 0 bridgehead atoms. The zero-order valence-electron chi connectivity index (χ0n) is 14.6. The lowest BCUT2D eigenvalue weighted by Gasteiger charge is -2.23. The number of carbonyl (C=O) groups excluding carboxylic acids is 1. The lowest BCUT2D eigenvalue weighted by atomic mass is 9.89. The molecule has 134 valence electrons. The van der Waals surface area contributed by atoms with E-state index in [0.29, 0.717) is 19.6 Å². The van der Waals surface area contributed by atoms with Crippen LogP contribution in [0.4, 0.5) is 0 Å². The highest BCUT2D eigenvalue weighted by Gasteiger charge is 2.22. The number of sulfonamides is 1. The standard InChI is InChI=1S/C18H28N2O3S/c1-15-8-10-16(11-9-15)14-20(24(2,22)23)13-12-19-18(21)17-6-4-3-5-7-17/h8-11,17H,3-7,12-14H2,1-2H3,(H,19,21). The maximum atomic E-state index is 12.1. The van der Waals surface area contributed by atoms with Gasteiger partial charge in [-0.3, -0.25) is 4.79 Å². The molecule has 0 atom stereocenters. The fraction of sp³-hybridized carbons (Fsp3) is 0.611. The van der Waals surface area contributed by atoms with Crippen molar-refractivity contribution in [2.75, 3.05) is 19.3 Å². The van der Waals surface area contributed by atoms with Gasteiger partial charge < -0.3 is 5.32 Å². The second-order valence-corrected chi connectivity index (χ2v) is 8.69. The van der Waals surface area contributed by atoms with E-state index in [1.165, 1.54) is 17.0 Å². The number of hydrogen-bond donors (Lipinski definition) is 1. The van der Waals surface area contributed by atoms with Crippen molar-refractivity contribution < 1.29 is 13.2 Å². The molecule has 0 radical (unpaired) electrons. The van der Waals surface area contributed by atoms with Gasteiger partial charge in [0.2, 0.25) is 15.9 Å². The molecule has 5 nitrogen and oxygen atoms in total. The molecule has 1 fully saturated rings. The molecule has 1 saturated carbocycles. The summed E-state index contributed by atoms with van der Waals surface area (Å²) in [6.45, 7) is 2.98. The van der Waals surface area contributed by atoms with Gasteiger partial charge in [-0.2, -0.15) is 4.31 Å². The normalized spacial score (nSPS) is 16.3. The number of carbonyl (C=O) groups is 1. The topological polar surface area (TPSA) is 66.5 Å². The first-order valence-electron chi connectivity index (χ1n) is 8.64. The summed E-state index contributed by atoms with van der Waals surface area (Å²) >= 11 is 0. The maximum Gasteiger partial charge on any atom is 0.223 e. The average molecular weight is 353 g/mol. The summed E-state index contributed by atoms with van der Waals surface area (Å²) in [7, 11) is -3.31. The summed E-state index contributed by atoms with van der Waals surface area (Å²) in [5.74, 6) is 0.168. The fourth-order valence-corrected chi connectivity index (χ4v) is 3.88. The van der Waals surface area contributed by atoms with Gasteiger partial charge in [-0.25, -0.2) is 8.42 Å². The van der Waals surface area contributed by atoms with Gasteiger partial charge in [0.15, 0.2) is 0 Å². The summed E-state index contributed by atoms with van der Waals surface area (Å²) in [6.07, 6.45) is 6.55. The molecule has 0 heterocycles. The number of hydrogen-bond acceptors (Lipinski definition) is 3. The molecule has 0 saturated heterocycles. The smallest absolute Gasteiger partial charge is 0.223 e. The largest absolute Gasteiger partial charge is 0.355 e. The van der Waals surface area contributed by atoms with E-state index >= 15 is 0 Å². The van der Waals surface area contributed by atoms with Gasteiger partial charge in [0.05, 0.1) is 6.26 Å². The van der Waals surface area contributed by atoms with Gasteiger partial charge in [0, 0.05) is 25.6 Å². The Kier molecular flexibility index (Phi) is 6.80. The molecular weight excluding hydrogens is 324 g/mol. The average Bonchev–Trinajstić information content (AvgIpc) is 2.55. The maximum absolute atomic E-state index is 12.1. The highest BCUT2D eigenvalue weighted by Crippen LogP contribution is 2.23. The van der Waals surface area contributed by atoms with E-state index in [1.807, 2.05) is 31.2 Å². The summed E-state index contributed by atoms with van der Waals surface area (Å²) in [5.41, 5.74) is 2.09. The summed E-state index contributed by atoms with van der Waals surface area (Å²) in [6, 6.07) is 7.82. The third kappa shape index (κ3) is 5.91. The van der Waals surface area contributed by atoms with Crippen LogP contribution in [0.1, 0.15) is 43.2 Å². The quantitative estimate of drug-likeness (QED) is 0.820. The molecule has 0 spiro atoms. The molecule has 0 aromatic heterocycles. The van der Waals surface area contributed by atoms with Crippen LogP contribution in [-0.2, 0) is 21.4 Å². The molecule has 1 N–H and O–H groups in total. The number of aryl methyl sites for hydroxylation is 1. The Hall–Kier alpha value is -1.40. The van der Waals surface area contributed by atoms with Crippen molar-refractivity contribution in [3.05, 3.63) is 35.4 Å². The second kappa shape index (κ2) is 8.62. The Balaban J connectivity index is 1.87. The van der Waals surface area contributed by atoms with E-state index < -0.39 is 10.0 Å². The van der Waals surface area contributed by atoms with E-state index in [2.05, 4.69) is 5.32 Å². The lowest BCUT2D eigenvalue weighted by Crippen LogP contribution is -2.40. The predicted molar refractivity (Wildman–Crippen MR) is 96.0 cm³/mol. The number of nitrogens with one attached hydrogen (secondary N) is 1. The van der Waals surface area contributed by atoms with Crippen LogP contribution in [0.2, 0.25) is 0 Å². The van der Waals surface area contributed by atoms with E-state index in [0.717, 1.165) is 36.8 Å². The minimum Gasteiger partial charge on any atom is -0.355 e. The summed E-state index contributed by atoms with van der Waals surface area (Å²) in [4.78, 5) is 12.1. The highest BCUT2D eigenvalue weighted by atomic mass is 32.2. The summed E-state index contributed by atoms with van der Waals surface area (Å²) < 4.78 is 25.4. The Morgan fingerprint density at radius 1 is 1.17 bits per heavy atom. The zero-order chi connectivity index (χ0) is 17.6. The van der Waals surface area contributed by atoms with Crippen molar-refractivity contribution in [3.63, 3.8) is 0 Å². The van der Waals surface area contributed by atoms with Crippen molar-refractivity contribution in [1.82, 2.24) is 9.62 Å². The first-order chi connectivity index (χ1) is 11.4. The van der Waals surface area contributed by atoms with Crippen molar-refractivity contribution in [3.8, 4) is 0 Å². The number of amides is 1. The minimum atomic E-state index is -3.31. The third-order valence-electron chi connectivity index (χ3n) is 4.58. The van der Waals surface area contributed by atoms with Crippen LogP contribution < -0.4 is 5.32 Å².